The summed E-state index contributed by atoms with van der Waals surface area (Å²) in [5.74, 6) is -0.808. The van der Waals surface area contributed by atoms with Gasteiger partial charge in [-0.2, -0.15) is 0 Å². The van der Waals surface area contributed by atoms with Gasteiger partial charge in [-0.05, 0) is 103 Å². The highest BCUT2D eigenvalue weighted by molar-refractivity contribution is 7.47. The molecule has 0 saturated carbocycles. The van der Waals surface area contributed by atoms with Gasteiger partial charge in [-0.15, -0.1) is 0 Å². The number of phosphoric ester groups is 1. The fourth-order valence-corrected chi connectivity index (χ4v) is 9.00. The Balaban J connectivity index is 3.96. The summed E-state index contributed by atoms with van der Waals surface area (Å²) in [6.45, 7) is 4.28. The number of likely N-dealkylation sites (N-methyl/N-ethyl adjacent to an activating group) is 1. The molecule has 0 fully saturated rings. The Morgan fingerprint density at radius 1 is 0.416 bits per heavy atom. The Bertz CT molecular complexity index is 1670. The molecular formula is C67H117NO8P+. The van der Waals surface area contributed by atoms with Crippen LogP contribution in [0.25, 0.3) is 0 Å². The van der Waals surface area contributed by atoms with E-state index in [9.17, 15) is 19.0 Å². The van der Waals surface area contributed by atoms with Gasteiger partial charge in [-0.1, -0.05) is 245 Å². The van der Waals surface area contributed by atoms with Crippen molar-refractivity contribution in [2.24, 2.45) is 0 Å². The monoisotopic (exact) mass is 1090 g/mol. The van der Waals surface area contributed by atoms with Gasteiger partial charge in [-0.25, -0.2) is 4.57 Å². The van der Waals surface area contributed by atoms with E-state index in [4.69, 9.17) is 18.5 Å². The number of allylic oxidation sites excluding steroid dienone is 18. The maximum atomic E-state index is 12.8. The van der Waals surface area contributed by atoms with E-state index in [0.29, 0.717) is 17.4 Å². The molecule has 0 saturated heterocycles. The van der Waals surface area contributed by atoms with Crippen molar-refractivity contribution in [3.05, 3.63) is 109 Å². The Morgan fingerprint density at radius 2 is 0.740 bits per heavy atom. The molecule has 0 aliphatic carbocycles. The smallest absolute Gasteiger partial charge is 0.462 e. The molecule has 0 aromatic heterocycles. The van der Waals surface area contributed by atoms with E-state index >= 15 is 0 Å². The fourth-order valence-electron chi connectivity index (χ4n) is 8.26. The number of carbonyl (C=O) groups is 2. The molecule has 1 N–H and O–H groups in total. The zero-order valence-corrected chi connectivity index (χ0v) is 51.1. The summed E-state index contributed by atoms with van der Waals surface area (Å²) in [7, 11) is 1.47. The summed E-state index contributed by atoms with van der Waals surface area (Å²) in [4.78, 5) is 35.6. The average Bonchev–Trinajstić information content (AvgIpc) is 3.39. The van der Waals surface area contributed by atoms with Crippen molar-refractivity contribution < 1.29 is 42.1 Å². The molecule has 0 aliphatic rings. The van der Waals surface area contributed by atoms with Gasteiger partial charge >= 0.3 is 19.8 Å². The van der Waals surface area contributed by atoms with Gasteiger partial charge < -0.3 is 18.9 Å². The molecule has 9 nitrogen and oxygen atoms in total. The summed E-state index contributed by atoms with van der Waals surface area (Å²) in [6, 6.07) is 0. The number of carbonyl (C=O) groups excluding carboxylic acids is 2. The number of rotatable bonds is 56. The number of ether oxygens (including phenoxy) is 2. The first kappa shape index (κ1) is 73.7. The third kappa shape index (κ3) is 61.7. The van der Waals surface area contributed by atoms with Gasteiger partial charge in [0.15, 0.2) is 6.10 Å². The maximum absolute atomic E-state index is 12.8. The van der Waals surface area contributed by atoms with Crippen LogP contribution in [-0.2, 0) is 32.7 Å². The van der Waals surface area contributed by atoms with Crippen LogP contribution in [-0.4, -0.2) is 74.9 Å². The highest BCUT2D eigenvalue weighted by atomic mass is 31.2. The van der Waals surface area contributed by atoms with Gasteiger partial charge in [0.1, 0.15) is 19.8 Å². The minimum atomic E-state index is -4.39. The lowest BCUT2D eigenvalue weighted by Gasteiger charge is -2.24. The summed E-state index contributed by atoms with van der Waals surface area (Å²) in [5.41, 5.74) is 0. The molecule has 2 atom stereocenters. The average molecular weight is 1100 g/mol. The molecular weight excluding hydrogens is 978 g/mol. The molecule has 0 spiro atoms. The summed E-state index contributed by atoms with van der Waals surface area (Å²) in [6.07, 6.45) is 80.4. The zero-order valence-electron chi connectivity index (χ0n) is 50.2. The molecule has 0 bridgehead atoms. The molecule has 0 aromatic carbocycles. The minimum Gasteiger partial charge on any atom is -0.462 e. The van der Waals surface area contributed by atoms with Gasteiger partial charge in [-0.3, -0.25) is 18.6 Å². The lowest BCUT2D eigenvalue weighted by Crippen LogP contribution is -2.37. The van der Waals surface area contributed by atoms with E-state index in [2.05, 4.69) is 123 Å². The second-order valence-electron chi connectivity index (χ2n) is 21.7. The minimum absolute atomic E-state index is 0.0279. The van der Waals surface area contributed by atoms with Crippen LogP contribution < -0.4 is 0 Å². The van der Waals surface area contributed by atoms with E-state index in [0.717, 1.165) is 109 Å². The van der Waals surface area contributed by atoms with Crippen LogP contribution >= 0.6 is 7.82 Å². The topological polar surface area (TPSA) is 108 Å². The van der Waals surface area contributed by atoms with Crippen molar-refractivity contribution >= 4 is 19.8 Å². The van der Waals surface area contributed by atoms with Crippen molar-refractivity contribution in [3.8, 4) is 0 Å². The molecule has 0 rings (SSSR count). The van der Waals surface area contributed by atoms with Crippen molar-refractivity contribution in [2.45, 2.75) is 258 Å². The SMILES string of the molecule is CC/C=C\C/C=C\C/C=C\C/C=C\C/C=C\C/C=C\C/C=C\C/C=C\CCCCCCCCCCCCCCCCCCC(=O)OC(COC(=O)CCCCCCC/C=C\CCCCC)COP(=O)(O)OCC[N+](C)(C)C. The Kier molecular flexibility index (Phi) is 54.9. The maximum Gasteiger partial charge on any atom is 0.472 e. The summed E-state index contributed by atoms with van der Waals surface area (Å²) in [5, 5.41) is 0. The first-order valence-electron chi connectivity index (χ1n) is 31.1. The second-order valence-corrected chi connectivity index (χ2v) is 23.2. The van der Waals surface area contributed by atoms with Crippen LogP contribution in [0, 0.1) is 0 Å². The van der Waals surface area contributed by atoms with Gasteiger partial charge in [0.25, 0.3) is 0 Å². The van der Waals surface area contributed by atoms with E-state index in [1.165, 1.54) is 109 Å². The lowest BCUT2D eigenvalue weighted by molar-refractivity contribution is -0.870. The highest BCUT2D eigenvalue weighted by Crippen LogP contribution is 2.43. The standard InChI is InChI=1S/C67H116NO8P/c1-6-8-10-12-14-16-18-20-21-22-23-24-25-26-27-28-29-30-31-32-33-34-35-36-37-38-39-40-41-42-43-44-45-46-47-48-50-52-54-56-58-60-67(70)76-65(64-75-77(71,72)74-62-61-68(3,4)5)63-73-66(69)59-57-55-53-51-49-19-17-15-13-11-9-7-2/h8,10,14-17,20-21,23-24,26-27,29-30,32-33,35-36,65H,6-7,9,11-13,18-19,22,25,28,31,34,37-64H2,1-5H3/p+1/b10-8-,16-14-,17-15-,21-20-,24-23-,27-26-,30-29-,33-32-,36-35-. The molecule has 10 heteroatoms. The number of quaternary nitrogens is 1. The van der Waals surface area contributed by atoms with Gasteiger partial charge in [0, 0.05) is 12.8 Å². The fraction of sp³-hybridized carbons (Fsp3) is 0.701. The predicted molar refractivity (Wildman–Crippen MR) is 330 cm³/mol. The number of phosphoric acid groups is 1. The van der Waals surface area contributed by atoms with Gasteiger partial charge in [0.2, 0.25) is 0 Å². The lowest BCUT2D eigenvalue weighted by atomic mass is 10.0. The molecule has 0 radical (unpaired) electrons. The Labute approximate surface area is 474 Å². The number of esters is 2. The number of nitrogens with zero attached hydrogens (tertiary/aromatic N) is 1. The molecule has 77 heavy (non-hydrogen) atoms. The molecule has 0 amide bonds. The van der Waals surface area contributed by atoms with Crippen LogP contribution in [0.1, 0.15) is 251 Å². The molecule has 0 aromatic rings. The zero-order chi connectivity index (χ0) is 56.3. The van der Waals surface area contributed by atoms with Crippen LogP contribution in [0.4, 0.5) is 0 Å². The normalized spacial score (nSPS) is 14.0. The molecule has 442 valence electrons. The Hall–Kier alpha value is -3.33. The van der Waals surface area contributed by atoms with Crippen LogP contribution in [0.15, 0.2) is 109 Å². The summed E-state index contributed by atoms with van der Waals surface area (Å²) >= 11 is 0. The number of unbranched alkanes of at least 4 members (excludes halogenated alkanes) is 24. The second kappa shape index (κ2) is 57.4. The highest BCUT2D eigenvalue weighted by Gasteiger charge is 2.27. The van der Waals surface area contributed by atoms with E-state index in [1.54, 1.807) is 0 Å². The van der Waals surface area contributed by atoms with E-state index in [1.807, 2.05) is 21.1 Å². The number of hydrogen-bond donors (Lipinski definition) is 1. The summed E-state index contributed by atoms with van der Waals surface area (Å²) < 4.78 is 34.5. The van der Waals surface area contributed by atoms with E-state index < -0.39 is 26.5 Å². The molecule has 2 unspecified atom stereocenters. The predicted octanol–water partition coefficient (Wildman–Crippen LogP) is 19.8. The van der Waals surface area contributed by atoms with Gasteiger partial charge in [0.05, 0.1) is 27.7 Å². The van der Waals surface area contributed by atoms with E-state index in [-0.39, 0.29) is 32.0 Å². The van der Waals surface area contributed by atoms with Crippen LogP contribution in [0.2, 0.25) is 0 Å². The number of hydrogen-bond acceptors (Lipinski definition) is 7. The van der Waals surface area contributed by atoms with Crippen LogP contribution in [0.3, 0.4) is 0 Å². The molecule has 0 aliphatic heterocycles. The largest absolute Gasteiger partial charge is 0.472 e. The van der Waals surface area contributed by atoms with Crippen molar-refractivity contribution in [3.63, 3.8) is 0 Å². The molecule has 0 heterocycles. The van der Waals surface area contributed by atoms with Crippen molar-refractivity contribution in [1.29, 1.82) is 0 Å². The first-order chi connectivity index (χ1) is 37.5. The quantitative estimate of drug-likeness (QED) is 0.0211. The first-order valence-corrected chi connectivity index (χ1v) is 32.6. The van der Waals surface area contributed by atoms with Crippen LogP contribution in [0.5, 0.6) is 0 Å². The third-order valence-electron chi connectivity index (χ3n) is 13.0. The third-order valence-corrected chi connectivity index (χ3v) is 14.0. The van der Waals surface area contributed by atoms with Crippen molar-refractivity contribution in [1.82, 2.24) is 0 Å². The Morgan fingerprint density at radius 3 is 1.12 bits per heavy atom. The van der Waals surface area contributed by atoms with Crippen molar-refractivity contribution in [2.75, 3.05) is 47.5 Å².